The fourth-order valence-corrected chi connectivity index (χ4v) is 1.48. The van der Waals surface area contributed by atoms with Crippen molar-refractivity contribution in [3.8, 4) is 0 Å². The molecule has 0 fully saturated rings. The first-order chi connectivity index (χ1) is 6.82. The molecule has 0 aliphatic rings. The summed E-state index contributed by atoms with van der Waals surface area (Å²) in [7, 11) is 0. The summed E-state index contributed by atoms with van der Waals surface area (Å²) in [4.78, 5) is 0. The molecule has 84 valence electrons. The lowest BCUT2D eigenvalue weighted by Crippen LogP contribution is -2.24. The van der Waals surface area contributed by atoms with Crippen molar-refractivity contribution in [1.82, 2.24) is 0 Å². The maximum absolute atomic E-state index is 9.77. The van der Waals surface area contributed by atoms with Gasteiger partial charge in [0, 0.05) is 6.04 Å². The van der Waals surface area contributed by atoms with E-state index < -0.39 is 6.10 Å². The van der Waals surface area contributed by atoms with Gasteiger partial charge in [-0.3, -0.25) is 0 Å². The van der Waals surface area contributed by atoms with Crippen LogP contribution in [0, 0.1) is 0 Å². The van der Waals surface area contributed by atoms with Gasteiger partial charge in [0.2, 0.25) is 0 Å². The van der Waals surface area contributed by atoms with Crippen molar-refractivity contribution in [2.24, 2.45) is 5.73 Å². The maximum Gasteiger partial charge on any atom is 0.0938 e. The average Bonchev–Trinajstić information content (AvgIpc) is 2.15. The molecule has 0 amide bonds. The Kier molecular flexibility index (Phi) is 3.53. The predicted octanol–water partition coefficient (Wildman–Crippen LogP) is 2.36. The first-order valence-electron chi connectivity index (χ1n) is 5.36. The SMILES string of the molecule is C[C@@H](N)[C@H](O)c1ccc(C(C)(C)C)cc1. The fourth-order valence-electron chi connectivity index (χ4n) is 1.48. The van der Waals surface area contributed by atoms with Crippen LogP contribution >= 0.6 is 0 Å². The quantitative estimate of drug-likeness (QED) is 0.782. The second-order valence-corrected chi connectivity index (χ2v) is 5.18. The number of hydrogen-bond acceptors (Lipinski definition) is 2. The zero-order valence-corrected chi connectivity index (χ0v) is 9.99. The molecule has 1 aromatic rings. The van der Waals surface area contributed by atoms with Crippen LogP contribution in [0.4, 0.5) is 0 Å². The van der Waals surface area contributed by atoms with Gasteiger partial charge in [0.05, 0.1) is 6.10 Å². The van der Waals surface area contributed by atoms with E-state index >= 15 is 0 Å². The molecule has 0 saturated heterocycles. The molecule has 0 radical (unpaired) electrons. The molecule has 1 rings (SSSR count). The Balaban J connectivity index is 2.91. The lowest BCUT2D eigenvalue weighted by atomic mass is 9.86. The summed E-state index contributed by atoms with van der Waals surface area (Å²) in [6.07, 6.45) is -0.570. The molecular formula is C13H21NO. The van der Waals surface area contributed by atoms with E-state index in [-0.39, 0.29) is 11.5 Å². The van der Waals surface area contributed by atoms with Gasteiger partial charge in [-0.25, -0.2) is 0 Å². The van der Waals surface area contributed by atoms with E-state index in [9.17, 15) is 5.11 Å². The summed E-state index contributed by atoms with van der Waals surface area (Å²) in [6, 6.07) is 7.79. The zero-order chi connectivity index (χ0) is 11.6. The highest BCUT2D eigenvalue weighted by Gasteiger charge is 2.15. The van der Waals surface area contributed by atoms with Crippen molar-refractivity contribution < 1.29 is 5.11 Å². The van der Waals surface area contributed by atoms with Gasteiger partial charge in [0.15, 0.2) is 0 Å². The van der Waals surface area contributed by atoms with E-state index in [0.717, 1.165) is 5.56 Å². The average molecular weight is 207 g/mol. The number of nitrogens with two attached hydrogens (primary N) is 1. The van der Waals surface area contributed by atoms with Crippen LogP contribution in [0.5, 0.6) is 0 Å². The van der Waals surface area contributed by atoms with Crippen LogP contribution in [-0.2, 0) is 5.41 Å². The van der Waals surface area contributed by atoms with E-state index in [2.05, 4.69) is 32.9 Å². The van der Waals surface area contributed by atoms with Crippen LogP contribution in [0.1, 0.15) is 44.9 Å². The molecule has 0 bridgehead atoms. The number of aliphatic hydroxyl groups is 1. The van der Waals surface area contributed by atoms with Crippen LogP contribution in [0.3, 0.4) is 0 Å². The first-order valence-corrected chi connectivity index (χ1v) is 5.36. The third-order valence-electron chi connectivity index (χ3n) is 2.62. The number of hydrogen-bond donors (Lipinski definition) is 2. The fraction of sp³-hybridized carbons (Fsp3) is 0.538. The summed E-state index contributed by atoms with van der Waals surface area (Å²) in [5.74, 6) is 0. The summed E-state index contributed by atoms with van der Waals surface area (Å²) >= 11 is 0. The molecule has 2 atom stereocenters. The van der Waals surface area contributed by atoms with Gasteiger partial charge in [-0.15, -0.1) is 0 Å². The molecule has 0 spiro atoms. The highest BCUT2D eigenvalue weighted by Crippen LogP contribution is 2.24. The summed E-state index contributed by atoms with van der Waals surface area (Å²) in [5.41, 5.74) is 7.95. The lowest BCUT2D eigenvalue weighted by molar-refractivity contribution is 0.153. The molecule has 0 aliphatic carbocycles. The molecule has 15 heavy (non-hydrogen) atoms. The minimum atomic E-state index is -0.570. The third kappa shape index (κ3) is 3.05. The smallest absolute Gasteiger partial charge is 0.0938 e. The van der Waals surface area contributed by atoms with E-state index in [0.29, 0.717) is 0 Å². The second kappa shape index (κ2) is 4.33. The Labute approximate surface area is 92.1 Å². The lowest BCUT2D eigenvalue weighted by Gasteiger charge is -2.21. The molecule has 0 saturated carbocycles. The zero-order valence-electron chi connectivity index (χ0n) is 9.99. The Morgan fingerprint density at radius 2 is 1.60 bits per heavy atom. The Morgan fingerprint density at radius 3 is 1.93 bits per heavy atom. The topological polar surface area (TPSA) is 46.2 Å². The monoisotopic (exact) mass is 207 g/mol. The van der Waals surface area contributed by atoms with Gasteiger partial charge in [0.25, 0.3) is 0 Å². The largest absolute Gasteiger partial charge is 0.387 e. The third-order valence-corrected chi connectivity index (χ3v) is 2.62. The normalized spacial score (nSPS) is 16.1. The highest BCUT2D eigenvalue weighted by molar-refractivity contribution is 5.29. The summed E-state index contributed by atoms with van der Waals surface area (Å²) in [6.45, 7) is 8.32. The molecular weight excluding hydrogens is 186 g/mol. The van der Waals surface area contributed by atoms with Gasteiger partial charge in [-0.2, -0.15) is 0 Å². The molecule has 0 unspecified atom stereocenters. The Bertz CT molecular complexity index is 308. The minimum absolute atomic E-state index is 0.151. The van der Waals surface area contributed by atoms with E-state index in [1.165, 1.54) is 5.56 Å². The van der Waals surface area contributed by atoms with Gasteiger partial charge in [0.1, 0.15) is 0 Å². The number of aliphatic hydroxyl groups excluding tert-OH is 1. The minimum Gasteiger partial charge on any atom is -0.387 e. The van der Waals surface area contributed by atoms with Crippen molar-refractivity contribution in [3.05, 3.63) is 35.4 Å². The summed E-state index contributed by atoms with van der Waals surface area (Å²) in [5, 5.41) is 9.77. The first kappa shape index (κ1) is 12.2. The van der Waals surface area contributed by atoms with E-state index in [1.54, 1.807) is 0 Å². The number of rotatable bonds is 2. The standard InChI is InChI=1S/C13H21NO/c1-9(14)12(15)10-5-7-11(8-6-10)13(2,3)4/h5-9,12,15H,14H2,1-4H3/t9-,12+/m1/s1. The second-order valence-electron chi connectivity index (χ2n) is 5.18. The Hall–Kier alpha value is -0.860. The van der Waals surface area contributed by atoms with Crippen LogP contribution in [0.15, 0.2) is 24.3 Å². The van der Waals surface area contributed by atoms with Gasteiger partial charge in [-0.1, -0.05) is 45.0 Å². The van der Waals surface area contributed by atoms with Crippen molar-refractivity contribution >= 4 is 0 Å². The predicted molar refractivity (Wildman–Crippen MR) is 63.8 cm³/mol. The van der Waals surface area contributed by atoms with Crippen LogP contribution in [0.2, 0.25) is 0 Å². The molecule has 2 heteroatoms. The van der Waals surface area contributed by atoms with Crippen molar-refractivity contribution in [3.63, 3.8) is 0 Å². The van der Waals surface area contributed by atoms with Gasteiger partial charge in [-0.05, 0) is 23.5 Å². The highest BCUT2D eigenvalue weighted by atomic mass is 16.3. The van der Waals surface area contributed by atoms with Crippen molar-refractivity contribution in [2.45, 2.75) is 45.3 Å². The van der Waals surface area contributed by atoms with Crippen LogP contribution in [-0.4, -0.2) is 11.1 Å². The van der Waals surface area contributed by atoms with Crippen LogP contribution < -0.4 is 5.73 Å². The number of benzene rings is 1. The van der Waals surface area contributed by atoms with Gasteiger partial charge < -0.3 is 10.8 Å². The Morgan fingerprint density at radius 1 is 1.13 bits per heavy atom. The van der Waals surface area contributed by atoms with E-state index in [4.69, 9.17) is 5.73 Å². The van der Waals surface area contributed by atoms with Gasteiger partial charge >= 0.3 is 0 Å². The molecule has 3 N–H and O–H groups in total. The van der Waals surface area contributed by atoms with E-state index in [1.807, 2.05) is 19.1 Å². The molecule has 0 aliphatic heterocycles. The molecule has 0 heterocycles. The van der Waals surface area contributed by atoms with Crippen molar-refractivity contribution in [1.29, 1.82) is 0 Å². The summed E-state index contributed by atoms with van der Waals surface area (Å²) < 4.78 is 0. The molecule has 2 nitrogen and oxygen atoms in total. The van der Waals surface area contributed by atoms with Crippen LogP contribution in [0.25, 0.3) is 0 Å². The maximum atomic E-state index is 9.77. The molecule has 0 aromatic heterocycles. The molecule has 1 aromatic carbocycles. The van der Waals surface area contributed by atoms with Crippen molar-refractivity contribution in [2.75, 3.05) is 0 Å².